The molecule has 0 aliphatic rings. The van der Waals surface area contributed by atoms with E-state index in [0.29, 0.717) is 12.1 Å². The molecule has 0 aliphatic carbocycles. The van der Waals surface area contributed by atoms with Crippen LogP contribution in [0.4, 0.5) is 10.5 Å². The Kier molecular flexibility index (Phi) is 3.85. The summed E-state index contributed by atoms with van der Waals surface area (Å²) in [6.07, 6.45) is 0.392. The predicted molar refractivity (Wildman–Crippen MR) is 58.9 cm³/mol. The third kappa shape index (κ3) is 3.81. The van der Waals surface area contributed by atoms with Gasteiger partial charge in [-0.1, -0.05) is 12.1 Å². The molecule has 4 nitrogen and oxygen atoms in total. The van der Waals surface area contributed by atoms with Gasteiger partial charge in [0.25, 0.3) is 0 Å². The number of carbonyl (C=O) groups is 2. The molecule has 80 valence electrons. The second kappa shape index (κ2) is 5.14. The van der Waals surface area contributed by atoms with Crippen molar-refractivity contribution >= 4 is 17.5 Å². The first-order valence-corrected chi connectivity index (χ1v) is 4.69. The summed E-state index contributed by atoms with van der Waals surface area (Å²) in [5.74, 6) is 0.104. The normalized spacial score (nSPS) is 9.47. The van der Waals surface area contributed by atoms with Crippen LogP contribution in [0.5, 0.6) is 0 Å². The summed E-state index contributed by atoms with van der Waals surface area (Å²) in [4.78, 5) is 21.9. The van der Waals surface area contributed by atoms with E-state index >= 15 is 0 Å². The van der Waals surface area contributed by atoms with Gasteiger partial charge in [0.2, 0.25) is 0 Å². The number of hydrogen-bond donors (Lipinski definition) is 2. The molecule has 1 rings (SSSR count). The van der Waals surface area contributed by atoms with E-state index in [1.165, 1.54) is 0 Å². The van der Waals surface area contributed by atoms with E-state index in [0.717, 1.165) is 5.56 Å². The number of hydrogen-bond acceptors (Lipinski definition) is 2. The highest BCUT2D eigenvalue weighted by molar-refractivity contribution is 5.89. The van der Waals surface area contributed by atoms with Crippen molar-refractivity contribution in [3.63, 3.8) is 0 Å². The van der Waals surface area contributed by atoms with Gasteiger partial charge >= 0.3 is 6.03 Å². The lowest BCUT2D eigenvalue weighted by molar-refractivity contribution is -0.116. The molecule has 0 atom stereocenters. The van der Waals surface area contributed by atoms with Crippen molar-refractivity contribution in [2.24, 2.45) is 0 Å². The Balaban J connectivity index is 2.74. The molecule has 0 fully saturated rings. The number of benzene rings is 1. The number of ketones is 1. The lowest BCUT2D eigenvalue weighted by atomic mass is 10.1. The lowest BCUT2D eigenvalue weighted by Crippen LogP contribution is -2.24. The van der Waals surface area contributed by atoms with Gasteiger partial charge < -0.3 is 10.6 Å². The minimum Gasteiger partial charge on any atom is -0.341 e. The van der Waals surface area contributed by atoms with E-state index in [4.69, 9.17) is 0 Å². The quantitative estimate of drug-likeness (QED) is 0.788. The largest absolute Gasteiger partial charge is 0.341 e. The molecule has 1 aromatic carbocycles. The molecule has 2 amide bonds. The van der Waals surface area contributed by atoms with Gasteiger partial charge in [-0.05, 0) is 24.6 Å². The monoisotopic (exact) mass is 206 g/mol. The molecule has 0 aliphatic heterocycles. The molecule has 4 heteroatoms. The fraction of sp³-hybridized carbons (Fsp3) is 0.273. The molecule has 0 radical (unpaired) electrons. The zero-order chi connectivity index (χ0) is 11.3. The predicted octanol–water partition coefficient (Wildman–Crippen LogP) is 1.57. The van der Waals surface area contributed by atoms with Gasteiger partial charge in [-0.3, -0.25) is 4.79 Å². The first-order valence-electron chi connectivity index (χ1n) is 4.69. The van der Waals surface area contributed by atoms with Gasteiger partial charge in [0, 0.05) is 19.2 Å². The molecule has 15 heavy (non-hydrogen) atoms. The Morgan fingerprint density at radius 3 is 2.67 bits per heavy atom. The Bertz CT molecular complexity index is 375. The number of anilines is 1. The zero-order valence-corrected chi connectivity index (χ0v) is 8.83. The van der Waals surface area contributed by atoms with E-state index in [-0.39, 0.29) is 11.8 Å². The van der Waals surface area contributed by atoms with Crippen LogP contribution in [-0.2, 0) is 11.2 Å². The Morgan fingerprint density at radius 1 is 1.33 bits per heavy atom. The third-order valence-electron chi connectivity index (χ3n) is 1.86. The van der Waals surface area contributed by atoms with Gasteiger partial charge in [0.1, 0.15) is 5.78 Å². The van der Waals surface area contributed by atoms with Crippen molar-refractivity contribution in [1.82, 2.24) is 5.32 Å². The van der Waals surface area contributed by atoms with Crippen molar-refractivity contribution in [1.29, 1.82) is 0 Å². The van der Waals surface area contributed by atoms with Crippen LogP contribution in [0.3, 0.4) is 0 Å². The Hall–Kier alpha value is -1.84. The van der Waals surface area contributed by atoms with Crippen LogP contribution in [-0.4, -0.2) is 18.9 Å². The Morgan fingerprint density at radius 2 is 2.07 bits per heavy atom. The highest BCUT2D eigenvalue weighted by Crippen LogP contribution is 2.11. The smallest absolute Gasteiger partial charge is 0.318 e. The summed E-state index contributed by atoms with van der Waals surface area (Å²) in [6.45, 7) is 1.54. The van der Waals surface area contributed by atoms with Crippen LogP contribution in [0.2, 0.25) is 0 Å². The summed E-state index contributed by atoms with van der Waals surface area (Å²) in [7, 11) is 1.55. The molecule has 0 unspecified atom stereocenters. The van der Waals surface area contributed by atoms with Crippen LogP contribution < -0.4 is 10.6 Å². The highest BCUT2D eigenvalue weighted by atomic mass is 16.2. The number of Topliss-reactive ketones (excluding diaryl/α,β-unsaturated/α-hetero) is 1. The fourth-order valence-corrected chi connectivity index (χ4v) is 1.24. The van der Waals surface area contributed by atoms with Crippen LogP contribution in [0.25, 0.3) is 0 Å². The summed E-state index contributed by atoms with van der Waals surface area (Å²) in [6, 6.07) is 6.96. The molecule has 2 N–H and O–H groups in total. The Labute approximate surface area is 88.7 Å². The number of carbonyl (C=O) groups excluding carboxylic acids is 2. The van der Waals surface area contributed by atoms with E-state index in [9.17, 15) is 9.59 Å². The van der Waals surface area contributed by atoms with Crippen LogP contribution in [0.1, 0.15) is 12.5 Å². The molecular weight excluding hydrogens is 192 g/mol. The summed E-state index contributed by atoms with van der Waals surface area (Å²) in [5.41, 5.74) is 1.59. The molecule has 0 aromatic heterocycles. The topological polar surface area (TPSA) is 58.2 Å². The lowest BCUT2D eigenvalue weighted by Gasteiger charge is -2.05. The number of amides is 2. The van der Waals surface area contributed by atoms with Crippen molar-refractivity contribution in [2.75, 3.05) is 12.4 Å². The second-order valence-electron chi connectivity index (χ2n) is 3.28. The number of nitrogens with one attached hydrogen (secondary N) is 2. The van der Waals surface area contributed by atoms with E-state index in [1.54, 1.807) is 26.1 Å². The van der Waals surface area contributed by atoms with Gasteiger partial charge in [-0.25, -0.2) is 4.79 Å². The van der Waals surface area contributed by atoms with Crippen molar-refractivity contribution < 1.29 is 9.59 Å². The molecule has 0 saturated heterocycles. The molecule has 1 aromatic rings. The highest BCUT2D eigenvalue weighted by Gasteiger charge is 2.01. The van der Waals surface area contributed by atoms with Crippen LogP contribution in [0, 0.1) is 0 Å². The van der Waals surface area contributed by atoms with Crippen molar-refractivity contribution in [3.8, 4) is 0 Å². The maximum absolute atomic E-state index is 11.0. The first kappa shape index (κ1) is 11.2. The van der Waals surface area contributed by atoms with Crippen LogP contribution in [0.15, 0.2) is 24.3 Å². The summed E-state index contributed by atoms with van der Waals surface area (Å²) < 4.78 is 0. The third-order valence-corrected chi connectivity index (χ3v) is 1.86. The van der Waals surface area contributed by atoms with E-state index < -0.39 is 0 Å². The maximum atomic E-state index is 11.0. The molecule has 0 bridgehead atoms. The summed E-state index contributed by atoms with van der Waals surface area (Å²) in [5, 5.41) is 5.10. The standard InChI is InChI=1S/C11H14N2O2/c1-8(14)6-9-4-3-5-10(7-9)13-11(15)12-2/h3-5,7H,6H2,1-2H3,(H2,12,13,15). The second-order valence-corrected chi connectivity index (χ2v) is 3.28. The molecule has 0 spiro atoms. The summed E-state index contributed by atoms with van der Waals surface area (Å²) >= 11 is 0. The SMILES string of the molecule is CNC(=O)Nc1cccc(CC(C)=O)c1. The maximum Gasteiger partial charge on any atom is 0.318 e. The molecular formula is C11H14N2O2. The van der Waals surface area contributed by atoms with Gasteiger partial charge in [-0.2, -0.15) is 0 Å². The molecule has 0 saturated carbocycles. The minimum absolute atomic E-state index is 0.104. The van der Waals surface area contributed by atoms with Crippen molar-refractivity contribution in [3.05, 3.63) is 29.8 Å². The average Bonchev–Trinajstić information content (AvgIpc) is 2.17. The van der Waals surface area contributed by atoms with E-state index in [2.05, 4.69) is 10.6 Å². The van der Waals surface area contributed by atoms with Gasteiger partial charge in [0.05, 0.1) is 0 Å². The van der Waals surface area contributed by atoms with Gasteiger partial charge in [0.15, 0.2) is 0 Å². The fourth-order valence-electron chi connectivity index (χ4n) is 1.24. The van der Waals surface area contributed by atoms with Crippen molar-refractivity contribution in [2.45, 2.75) is 13.3 Å². The first-order chi connectivity index (χ1) is 7.11. The number of urea groups is 1. The average molecular weight is 206 g/mol. The zero-order valence-electron chi connectivity index (χ0n) is 8.83. The minimum atomic E-state index is -0.269. The van der Waals surface area contributed by atoms with Gasteiger partial charge in [-0.15, -0.1) is 0 Å². The molecule has 0 heterocycles. The van der Waals surface area contributed by atoms with E-state index in [1.807, 2.05) is 12.1 Å². The van der Waals surface area contributed by atoms with Crippen LogP contribution >= 0.6 is 0 Å². The number of rotatable bonds is 3.